The second kappa shape index (κ2) is 7.30. The second-order valence-corrected chi connectivity index (χ2v) is 11.2. The van der Waals surface area contributed by atoms with E-state index in [2.05, 4.69) is 29.7 Å². The Kier molecular flexibility index (Phi) is 6.02. The van der Waals surface area contributed by atoms with Gasteiger partial charge in [0.05, 0.1) is 6.61 Å². The van der Waals surface area contributed by atoms with Crippen molar-refractivity contribution in [3.05, 3.63) is 12.2 Å². The summed E-state index contributed by atoms with van der Waals surface area (Å²) in [6.45, 7) is 9.71. The molecule has 0 unspecified atom stereocenters. The average molecular weight is 298 g/mol. The molecule has 1 aromatic rings. The molecule has 0 fully saturated rings. The summed E-state index contributed by atoms with van der Waals surface area (Å²) in [4.78, 5) is 15.3. The molecule has 0 saturated heterocycles. The second-order valence-electron chi connectivity index (χ2n) is 5.55. The van der Waals surface area contributed by atoms with Gasteiger partial charge in [-0.3, -0.25) is 5.41 Å². The minimum absolute atomic E-state index is 0.0530. The van der Waals surface area contributed by atoms with E-state index in [0.717, 1.165) is 6.04 Å². The molecule has 0 spiro atoms. The van der Waals surface area contributed by atoms with E-state index >= 15 is 0 Å². The Morgan fingerprint density at radius 2 is 2.15 bits per heavy atom. The highest BCUT2D eigenvalue weighted by molar-refractivity contribution is 6.76. The lowest BCUT2D eigenvalue weighted by atomic mass is 10.4. The number of esters is 1. The van der Waals surface area contributed by atoms with Gasteiger partial charge in [0.25, 0.3) is 0 Å². The molecular formula is C12H22N4O3Si. The molecule has 0 aliphatic rings. The fraction of sp³-hybridized carbons (Fsp3) is 0.667. The lowest BCUT2D eigenvalue weighted by Crippen LogP contribution is -2.22. The summed E-state index contributed by atoms with van der Waals surface area (Å²) in [5.74, 6) is -0.665. The Balaban J connectivity index is 2.43. The Morgan fingerprint density at radius 3 is 2.75 bits per heavy atom. The smallest absolute Gasteiger partial charge is 0.360 e. The van der Waals surface area contributed by atoms with E-state index in [-0.39, 0.29) is 24.9 Å². The van der Waals surface area contributed by atoms with E-state index < -0.39 is 14.0 Å². The van der Waals surface area contributed by atoms with Crippen molar-refractivity contribution in [1.82, 2.24) is 14.8 Å². The largest absolute Gasteiger partial charge is 0.461 e. The fourth-order valence-corrected chi connectivity index (χ4v) is 2.06. The van der Waals surface area contributed by atoms with Gasteiger partial charge in [0.2, 0.25) is 5.82 Å². The Bertz CT molecular complexity index is 468. The maximum Gasteiger partial charge on any atom is 0.360 e. The van der Waals surface area contributed by atoms with Gasteiger partial charge >= 0.3 is 5.97 Å². The van der Waals surface area contributed by atoms with Crippen molar-refractivity contribution < 1.29 is 14.3 Å². The van der Waals surface area contributed by atoms with Crippen LogP contribution in [0.2, 0.25) is 25.7 Å². The predicted octanol–water partition coefficient (Wildman–Crippen LogP) is 1.52. The summed E-state index contributed by atoms with van der Waals surface area (Å²) in [7, 11) is -1.10. The normalized spacial score (nSPS) is 11.4. The summed E-state index contributed by atoms with van der Waals surface area (Å²) in [5.41, 5.74) is -0.340. The first-order valence-electron chi connectivity index (χ1n) is 6.56. The number of ether oxygens (including phenoxy) is 2. The van der Waals surface area contributed by atoms with Gasteiger partial charge in [-0.05, 0) is 13.0 Å². The molecule has 1 N–H and O–H groups in total. The zero-order chi connectivity index (χ0) is 15.2. The highest BCUT2D eigenvalue weighted by Gasteiger charge is 2.17. The number of rotatable bonds is 8. The average Bonchev–Trinajstić information content (AvgIpc) is 2.81. The topological polar surface area (TPSA) is 90.1 Å². The van der Waals surface area contributed by atoms with Crippen molar-refractivity contribution in [1.29, 1.82) is 5.41 Å². The number of carbonyl (C=O) groups excluding carboxylic acids is 1. The van der Waals surface area contributed by atoms with Crippen molar-refractivity contribution in [2.75, 3.05) is 13.2 Å². The zero-order valence-corrected chi connectivity index (χ0v) is 13.5. The minimum atomic E-state index is -1.10. The third-order valence-electron chi connectivity index (χ3n) is 2.46. The van der Waals surface area contributed by atoms with Gasteiger partial charge in [0.1, 0.15) is 13.1 Å². The first-order chi connectivity index (χ1) is 9.33. The van der Waals surface area contributed by atoms with Gasteiger partial charge in [0, 0.05) is 14.7 Å². The molecule has 1 rings (SSSR count). The van der Waals surface area contributed by atoms with Crippen molar-refractivity contribution in [3.63, 3.8) is 0 Å². The van der Waals surface area contributed by atoms with Crippen LogP contribution in [0.3, 0.4) is 0 Å². The lowest BCUT2D eigenvalue weighted by Gasteiger charge is -2.15. The van der Waals surface area contributed by atoms with Crippen molar-refractivity contribution in [3.8, 4) is 0 Å². The maximum absolute atomic E-state index is 11.4. The summed E-state index contributed by atoms with van der Waals surface area (Å²) >= 11 is 0. The van der Waals surface area contributed by atoms with E-state index in [1.807, 2.05) is 0 Å². The van der Waals surface area contributed by atoms with Crippen LogP contribution in [0.15, 0.2) is 6.33 Å². The maximum atomic E-state index is 11.4. The van der Waals surface area contributed by atoms with Crippen LogP contribution in [-0.4, -0.2) is 47.7 Å². The lowest BCUT2D eigenvalue weighted by molar-refractivity contribution is -0.135. The number of aromatic nitrogens is 3. The van der Waals surface area contributed by atoms with Crippen molar-refractivity contribution in [2.24, 2.45) is 0 Å². The van der Waals surface area contributed by atoms with E-state index in [9.17, 15) is 4.79 Å². The molecule has 0 radical (unpaired) electrons. The molecule has 1 heterocycles. The van der Waals surface area contributed by atoms with Gasteiger partial charge in [-0.1, -0.05) is 19.6 Å². The number of nitrogens with zero attached hydrogens (tertiary/aromatic N) is 3. The van der Waals surface area contributed by atoms with E-state index in [1.165, 1.54) is 11.0 Å². The van der Waals surface area contributed by atoms with Crippen LogP contribution >= 0.6 is 0 Å². The van der Waals surface area contributed by atoms with Gasteiger partial charge < -0.3 is 9.47 Å². The van der Waals surface area contributed by atoms with Gasteiger partial charge in [-0.25, -0.2) is 14.5 Å². The number of nitrogens with one attached hydrogen (secondary N) is 1. The molecule has 0 aliphatic carbocycles. The highest BCUT2D eigenvalue weighted by Crippen LogP contribution is 2.07. The molecule has 0 aliphatic heterocycles. The molecule has 0 amide bonds. The van der Waals surface area contributed by atoms with Crippen LogP contribution in [0.4, 0.5) is 0 Å². The molecule has 0 saturated carbocycles. The van der Waals surface area contributed by atoms with Crippen molar-refractivity contribution >= 4 is 19.8 Å². The number of hydrogen-bond donors (Lipinski definition) is 1. The van der Waals surface area contributed by atoms with Gasteiger partial charge in [-0.15, -0.1) is 5.10 Å². The minimum Gasteiger partial charge on any atom is -0.461 e. The summed E-state index contributed by atoms with van der Waals surface area (Å²) in [6.07, 6.45) is 1.44. The summed E-state index contributed by atoms with van der Waals surface area (Å²) in [5, 5.41) is 11.6. The van der Waals surface area contributed by atoms with Crippen LogP contribution < -0.4 is 0 Å². The fourth-order valence-electron chi connectivity index (χ4n) is 1.30. The third-order valence-corrected chi connectivity index (χ3v) is 4.16. The van der Waals surface area contributed by atoms with Crippen LogP contribution in [0.1, 0.15) is 12.7 Å². The molecule has 0 bridgehead atoms. The molecule has 0 atom stereocenters. The monoisotopic (exact) mass is 298 g/mol. The first kappa shape index (κ1) is 16.5. The van der Waals surface area contributed by atoms with Crippen LogP contribution in [0.5, 0.6) is 0 Å². The molecular weight excluding hydrogens is 276 g/mol. The SMILES string of the molecule is CCOC(=O)C(=N)c1ncn(COCC[Si](C)(C)C)n1. The Morgan fingerprint density at radius 1 is 1.45 bits per heavy atom. The Labute approximate surface area is 119 Å². The first-order valence-corrected chi connectivity index (χ1v) is 10.3. The summed E-state index contributed by atoms with van der Waals surface area (Å²) < 4.78 is 11.7. The van der Waals surface area contributed by atoms with Crippen molar-refractivity contribution in [2.45, 2.75) is 39.3 Å². The zero-order valence-electron chi connectivity index (χ0n) is 12.5. The van der Waals surface area contributed by atoms with Gasteiger partial charge in [-0.2, -0.15) is 0 Å². The van der Waals surface area contributed by atoms with E-state index in [4.69, 9.17) is 14.9 Å². The van der Waals surface area contributed by atoms with Crippen LogP contribution in [0, 0.1) is 5.41 Å². The predicted molar refractivity (Wildman–Crippen MR) is 77.6 cm³/mol. The third kappa shape index (κ3) is 5.62. The van der Waals surface area contributed by atoms with E-state index in [1.54, 1.807) is 6.92 Å². The van der Waals surface area contributed by atoms with Crippen LogP contribution in [-0.2, 0) is 21.0 Å². The molecule has 112 valence electrons. The van der Waals surface area contributed by atoms with Gasteiger partial charge in [0.15, 0.2) is 5.71 Å². The summed E-state index contributed by atoms with van der Waals surface area (Å²) in [6, 6.07) is 1.08. The van der Waals surface area contributed by atoms with E-state index in [0.29, 0.717) is 6.61 Å². The number of hydrogen-bond acceptors (Lipinski definition) is 6. The Hall–Kier alpha value is -1.54. The molecule has 8 heteroatoms. The molecule has 20 heavy (non-hydrogen) atoms. The molecule has 7 nitrogen and oxygen atoms in total. The quantitative estimate of drug-likeness (QED) is 0.340. The highest BCUT2D eigenvalue weighted by atomic mass is 28.3. The molecule has 1 aromatic heterocycles. The standard InChI is InChI=1S/C12H22N4O3Si/c1-5-19-12(17)10(13)11-14-8-16(15-11)9-18-6-7-20(2,3)4/h8,13H,5-7,9H2,1-4H3. The van der Waals surface area contributed by atoms with Crippen LogP contribution in [0.25, 0.3) is 0 Å². The molecule has 0 aromatic carbocycles. The number of carbonyl (C=O) groups is 1.